The molecule has 0 bridgehead atoms. The molecule has 0 fully saturated rings. The minimum atomic E-state index is -4.51. The smallest absolute Gasteiger partial charge is 0.433 e. The summed E-state index contributed by atoms with van der Waals surface area (Å²) in [6.07, 6.45) is -2.84. The van der Waals surface area contributed by atoms with Gasteiger partial charge in [0.15, 0.2) is 17.1 Å². The Morgan fingerprint density at radius 2 is 1.92 bits per heavy atom. The number of halogens is 4. The second-order valence-corrected chi connectivity index (χ2v) is 9.47. The van der Waals surface area contributed by atoms with Crippen molar-refractivity contribution < 1.29 is 32.5 Å². The Bertz CT molecular complexity index is 1460. The van der Waals surface area contributed by atoms with E-state index in [4.69, 9.17) is 9.47 Å². The maximum Gasteiger partial charge on any atom is 0.433 e. The molecule has 1 amide bonds. The molecule has 9 nitrogen and oxygen atoms in total. The summed E-state index contributed by atoms with van der Waals surface area (Å²) in [7, 11) is 1.47. The zero-order chi connectivity index (χ0) is 27.6. The van der Waals surface area contributed by atoms with Gasteiger partial charge >= 0.3 is 12.3 Å². The van der Waals surface area contributed by atoms with Crippen LogP contribution in [0, 0.1) is 3.57 Å². The van der Waals surface area contributed by atoms with Gasteiger partial charge in [-0.15, -0.1) is 0 Å². The van der Waals surface area contributed by atoms with E-state index in [0.717, 1.165) is 26.3 Å². The average molecular weight is 641 g/mol. The third kappa shape index (κ3) is 5.61. The molecule has 0 aliphatic carbocycles. The molecule has 0 aliphatic rings. The fourth-order valence-electron chi connectivity index (χ4n) is 3.91. The number of carboxylic acid groups (broad SMARTS) is 1. The first-order chi connectivity index (χ1) is 18.0. The lowest BCUT2D eigenvalue weighted by atomic mass is 10.1. The third-order valence-electron chi connectivity index (χ3n) is 5.83. The molecule has 200 valence electrons. The van der Waals surface area contributed by atoms with Crippen LogP contribution < -0.4 is 14.4 Å². The third-order valence-corrected chi connectivity index (χ3v) is 6.42. The van der Waals surface area contributed by atoms with Gasteiger partial charge in [0, 0.05) is 28.1 Å². The lowest BCUT2D eigenvalue weighted by Gasteiger charge is -2.23. The number of carbonyl (C=O) groups is 1. The van der Waals surface area contributed by atoms with Crippen molar-refractivity contribution in [3.63, 3.8) is 0 Å². The summed E-state index contributed by atoms with van der Waals surface area (Å²) in [5.74, 6) is 1.02. The number of pyridine rings is 2. The molecule has 1 N–H and O–H groups in total. The maximum absolute atomic E-state index is 12.8. The molecular weight excluding hydrogens is 618 g/mol. The molecule has 3 heterocycles. The molecule has 0 aliphatic heterocycles. The first-order valence-corrected chi connectivity index (χ1v) is 12.5. The average Bonchev–Trinajstić information content (AvgIpc) is 3.24. The van der Waals surface area contributed by atoms with Crippen molar-refractivity contribution in [3.8, 4) is 11.5 Å². The highest BCUT2D eigenvalue weighted by molar-refractivity contribution is 14.1. The summed E-state index contributed by atoms with van der Waals surface area (Å²) in [6.45, 7) is 3.79. The van der Waals surface area contributed by atoms with Crippen LogP contribution in [0.15, 0.2) is 48.8 Å². The second kappa shape index (κ2) is 11.0. The topological polar surface area (TPSA) is 103 Å². The Morgan fingerprint density at radius 1 is 1.16 bits per heavy atom. The van der Waals surface area contributed by atoms with E-state index in [1.165, 1.54) is 13.2 Å². The minimum absolute atomic E-state index is 0.0146. The first kappa shape index (κ1) is 27.4. The standard InChI is InChI=1S/C25H23F3IN5O4/c1-4-33(24(35)36)23-32-18-10-17(29)12-31-22(18)34(23)14(2)16-6-7-19(20(9-16)37-3)38-13-15-5-8-21(30-11-15)25(26,27)28/h5-12,14H,4,13H2,1-3H3,(H,35,36). The number of ether oxygens (including phenoxy) is 2. The van der Waals surface area contributed by atoms with E-state index in [2.05, 4.69) is 37.5 Å². The number of hydrogen-bond acceptors (Lipinski definition) is 6. The molecule has 1 atom stereocenters. The number of nitrogens with zero attached hydrogens (tertiary/aromatic N) is 5. The van der Waals surface area contributed by atoms with Gasteiger partial charge in [0.1, 0.15) is 17.8 Å². The Morgan fingerprint density at radius 3 is 2.53 bits per heavy atom. The highest BCUT2D eigenvalue weighted by Crippen LogP contribution is 2.35. The number of fused-ring (bicyclic) bond motifs is 1. The fraction of sp³-hybridized carbons (Fsp3) is 0.280. The number of imidazole rings is 1. The number of aromatic nitrogens is 4. The van der Waals surface area contributed by atoms with Crippen molar-refractivity contribution in [1.29, 1.82) is 0 Å². The molecule has 1 unspecified atom stereocenters. The van der Waals surface area contributed by atoms with E-state index in [1.54, 1.807) is 35.9 Å². The Labute approximate surface area is 229 Å². The number of amides is 1. The van der Waals surface area contributed by atoms with Crippen molar-refractivity contribution >= 4 is 45.8 Å². The summed E-state index contributed by atoms with van der Waals surface area (Å²) in [6, 6.07) is 8.89. The van der Waals surface area contributed by atoms with Crippen LogP contribution in [0.25, 0.3) is 11.2 Å². The van der Waals surface area contributed by atoms with Gasteiger partial charge in [-0.1, -0.05) is 12.1 Å². The van der Waals surface area contributed by atoms with Crippen LogP contribution in [0.1, 0.15) is 36.7 Å². The highest BCUT2D eigenvalue weighted by Gasteiger charge is 2.32. The fourth-order valence-corrected chi connectivity index (χ4v) is 4.34. The van der Waals surface area contributed by atoms with Crippen LogP contribution in [0.2, 0.25) is 0 Å². The normalized spacial score (nSPS) is 12.4. The molecule has 0 saturated heterocycles. The van der Waals surface area contributed by atoms with Crippen LogP contribution in [0.3, 0.4) is 0 Å². The van der Waals surface area contributed by atoms with E-state index in [1.807, 2.05) is 13.0 Å². The zero-order valence-electron chi connectivity index (χ0n) is 20.5. The molecule has 0 saturated carbocycles. The van der Waals surface area contributed by atoms with Crippen molar-refractivity contribution in [3.05, 3.63) is 69.2 Å². The SMILES string of the molecule is CCN(C(=O)O)c1nc2cc(I)cnc2n1C(C)c1ccc(OCc2ccc(C(F)(F)F)nc2)c(OC)c1. The first-order valence-electron chi connectivity index (χ1n) is 11.4. The molecule has 38 heavy (non-hydrogen) atoms. The van der Waals surface area contributed by atoms with Gasteiger partial charge in [-0.25, -0.2) is 19.7 Å². The summed E-state index contributed by atoms with van der Waals surface area (Å²) < 4.78 is 52.2. The van der Waals surface area contributed by atoms with Gasteiger partial charge in [-0.05, 0) is 66.3 Å². The predicted octanol–water partition coefficient (Wildman–Crippen LogP) is 6.15. The lowest BCUT2D eigenvalue weighted by Crippen LogP contribution is -2.32. The van der Waals surface area contributed by atoms with Crippen LogP contribution >= 0.6 is 22.6 Å². The van der Waals surface area contributed by atoms with Gasteiger partial charge in [-0.2, -0.15) is 13.2 Å². The second-order valence-electron chi connectivity index (χ2n) is 8.23. The number of anilines is 1. The van der Waals surface area contributed by atoms with Crippen molar-refractivity contribution in [1.82, 2.24) is 19.5 Å². The minimum Gasteiger partial charge on any atom is -0.493 e. The van der Waals surface area contributed by atoms with Crippen LogP contribution in [-0.4, -0.2) is 44.4 Å². The van der Waals surface area contributed by atoms with E-state index >= 15 is 0 Å². The number of hydrogen-bond donors (Lipinski definition) is 1. The van der Waals surface area contributed by atoms with Gasteiger partial charge in [-0.3, -0.25) is 9.55 Å². The van der Waals surface area contributed by atoms with Gasteiger partial charge in [0.25, 0.3) is 0 Å². The molecular formula is C25H23F3IN5O4. The Kier molecular flexibility index (Phi) is 7.94. The van der Waals surface area contributed by atoms with Crippen molar-refractivity contribution in [2.24, 2.45) is 0 Å². The highest BCUT2D eigenvalue weighted by atomic mass is 127. The largest absolute Gasteiger partial charge is 0.493 e. The van der Waals surface area contributed by atoms with E-state index in [0.29, 0.717) is 28.2 Å². The maximum atomic E-state index is 12.8. The zero-order valence-corrected chi connectivity index (χ0v) is 22.7. The van der Waals surface area contributed by atoms with E-state index in [9.17, 15) is 23.1 Å². The number of alkyl halides is 3. The van der Waals surface area contributed by atoms with E-state index < -0.39 is 24.0 Å². The van der Waals surface area contributed by atoms with Crippen LogP contribution in [-0.2, 0) is 12.8 Å². The molecule has 3 aromatic heterocycles. The molecule has 4 rings (SSSR count). The Hall–Kier alpha value is -3.62. The number of rotatable bonds is 8. The van der Waals surface area contributed by atoms with Gasteiger partial charge in [0.05, 0.1) is 13.2 Å². The van der Waals surface area contributed by atoms with Gasteiger partial charge < -0.3 is 14.6 Å². The summed E-state index contributed by atoms with van der Waals surface area (Å²) in [5, 5.41) is 9.76. The molecule has 4 aromatic rings. The molecule has 0 spiro atoms. The lowest BCUT2D eigenvalue weighted by molar-refractivity contribution is -0.141. The van der Waals surface area contributed by atoms with Crippen molar-refractivity contribution in [2.45, 2.75) is 32.7 Å². The molecule has 0 radical (unpaired) electrons. The van der Waals surface area contributed by atoms with Crippen molar-refractivity contribution in [2.75, 3.05) is 18.6 Å². The monoisotopic (exact) mass is 641 g/mol. The number of benzene rings is 1. The van der Waals surface area contributed by atoms with Gasteiger partial charge in [0.2, 0.25) is 5.95 Å². The summed E-state index contributed by atoms with van der Waals surface area (Å²) in [4.78, 5) is 25.6. The quantitative estimate of drug-likeness (QED) is 0.230. The molecule has 1 aromatic carbocycles. The van der Waals surface area contributed by atoms with E-state index in [-0.39, 0.29) is 19.1 Å². The number of methoxy groups -OCH3 is 1. The predicted molar refractivity (Wildman–Crippen MR) is 142 cm³/mol. The van der Waals surface area contributed by atoms with Crippen LogP contribution in [0.5, 0.6) is 11.5 Å². The Balaban J connectivity index is 1.64. The molecule has 13 heteroatoms. The summed E-state index contributed by atoms with van der Waals surface area (Å²) >= 11 is 2.12. The summed E-state index contributed by atoms with van der Waals surface area (Å²) in [5.41, 5.74) is 1.35. The van der Waals surface area contributed by atoms with Crippen LogP contribution in [0.4, 0.5) is 23.9 Å².